The van der Waals surface area contributed by atoms with Gasteiger partial charge in [-0.05, 0) is 56.5 Å². The van der Waals surface area contributed by atoms with E-state index in [4.69, 9.17) is 0 Å². The third-order valence-corrected chi connectivity index (χ3v) is 8.25. The molecule has 1 N–H and O–H groups in total. The van der Waals surface area contributed by atoms with Crippen LogP contribution in [0, 0.1) is 19.7 Å². The molecule has 1 amide bonds. The minimum absolute atomic E-state index is 0.154. The zero-order valence-electron chi connectivity index (χ0n) is 20.6. The number of aromatic nitrogens is 2. The number of imidazole rings is 1. The van der Waals surface area contributed by atoms with Gasteiger partial charge in [-0.3, -0.25) is 14.7 Å². The second-order valence-corrected chi connectivity index (χ2v) is 11.2. The molecule has 1 aromatic heterocycles. The number of halogens is 1. The van der Waals surface area contributed by atoms with Crippen molar-refractivity contribution in [3.05, 3.63) is 95.9 Å². The van der Waals surface area contributed by atoms with Crippen LogP contribution in [0.25, 0.3) is 16.9 Å². The molecule has 1 heterocycles. The Morgan fingerprint density at radius 1 is 1.05 bits per heavy atom. The second-order valence-electron chi connectivity index (χ2n) is 9.26. The van der Waals surface area contributed by atoms with Crippen LogP contribution in [0.1, 0.15) is 24.0 Å². The van der Waals surface area contributed by atoms with Crippen LogP contribution in [0.2, 0.25) is 0 Å². The Balaban J connectivity index is 1.45. The highest BCUT2D eigenvalue weighted by Gasteiger charge is 2.39. The summed E-state index contributed by atoms with van der Waals surface area (Å²) in [5, 5.41) is 2.76. The summed E-state index contributed by atoms with van der Waals surface area (Å²) in [4.78, 5) is 17.9. The van der Waals surface area contributed by atoms with Gasteiger partial charge in [-0.1, -0.05) is 54.1 Å². The van der Waals surface area contributed by atoms with Crippen LogP contribution in [0.5, 0.6) is 0 Å². The van der Waals surface area contributed by atoms with E-state index in [1.165, 1.54) is 10.4 Å². The molecule has 1 aliphatic rings. The largest absolute Gasteiger partial charge is 0.294 e. The molecule has 4 aromatic rings. The summed E-state index contributed by atoms with van der Waals surface area (Å²) in [6.45, 7) is 3.21. The van der Waals surface area contributed by atoms with Crippen LogP contribution < -0.4 is 5.32 Å². The smallest absolute Gasteiger partial charge is 0.243 e. The zero-order valence-corrected chi connectivity index (χ0v) is 21.4. The van der Waals surface area contributed by atoms with Gasteiger partial charge in [-0.2, -0.15) is 4.31 Å². The molecule has 1 saturated carbocycles. The number of hydrogen-bond acceptors (Lipinski definition) is 4. The molecule has 0 aliphatic heterocycles. The van der Waals surface area contributed by atoms with Crippen molar-refractivity contribution in [2.45, 2.75) is 37.6 Å². The maximum absolute atomic E-state index is 14.4. The van der Waals surface area contributed by atoms with Crippen molar-refractivity contribution in [3.63, 3.8) is 0 Å². The van der Waals surface area contributed by atoms with E-state index in [0.717, 1.165) is 11.1 Å². The standard InChI is InChI=1S/C28H27FN4O3S/c1-19-8-14-24(15-9-19)37(35,36)33(22-12-13-22)18-27(34)31-28-30-26(21-6-4-3-5-7-21)17-32(28)23-11-10-20(2)25(29)16-23/h3-11,14-17,22H,12-13,18H2,1-2H3,(H,30,31,34). The fourth-order valence-electron chi connectivity index (χ4n) is 4.07. The van der Waals surface area contributed by atoms with Crippen molar-refractivity contribution in [2.24, 2.45) is 0 Å². The molecular formula is C28H27FN4O3S. The minimum Gasteiger partial charge on any atom is -0.294 e. The molecule has 0 unspecified atom stereocenters. The average molecular weight is 519 g/mol. The topological polar surface area (TPSA) is 84.3 Å². The maximum Gasteiger partial charge on any atom is 0.243 e. The maximum atomic E-state index is 14.4. The highest BCUT2D eigenvalue weighted by molar-refractivity contribution is 7.89. The van der Waals surface area contributed by atoms with Crippen molar-refractivity contribution in [1.29, 1.82) is 0 Å². The van der Waals surface area contributed by atoms with Crippen LogP contribution in [-0.4, -0.2) is 40.8 Å². The van der Waals surface area contributed by atoms with Crippen molar-refractivity contribution in [1.82, 2.24) is 13.9 Å². The van der Waals surface area contributed by atoms with Crippen molar-refractivity contribution in [3.8, 4) is 16.9 Å². The molecule has 9 heteroatoms. The van der Waals surface area contributed by atoms with Gasteiger partial charge in [-0.15, -0.1) is 0 Å². The molecule has 0 radical (unpaired) electrons. The molecule has 3 aromatic carbocycles. The number of benzene rings is 3. The first-order chi connectivity index (χ1) is 17.7. The normalized spacial score (nSPS) is 13.6. The number of anilines is 1. The van der Waals surface area contributed by atoms with Gasteiger partial charge in [-0.25, -0.2) is 17.8 Å². The summed E-state index contributed by atoms with van der Waals surface area (Å²) in [6, 6.07) is 20.6. The Hall–Kier alpha value is -3.82. The highest BCUT2D eigenvalue weighted by atomic mass is 32.2. The lowest BCUT2D eigenvalue weighted by atomic mass is 10.2. The molecule has 0 saturated heterocycles. The fourth-order valence-corrected chi connectivity index (χ4v) is 5.71. The lowest BCUT2D eigenvalue weighted by Crippen LogP contribution is -2.39. The number of nitrogens with zero attached hydrogens (tertiary/aromatic N) is 3. The van der Waals surface area contributed by atoms with Gasteiger partial charge in [0.15, 0.2) is 0 Å². The predicted molar refractivity (Wildman–Crippen MR) is 140 cm³/mol. The lowest BCUT2D eigenvalue weighted by Gasteiger charge is -2.21. The summed E-state index contributed by atoms with van der Waals surface area (Å²) >= 11 is 0. The van der Waals surface area contributed by atoms with Crippen molar-refractivity contribution < 1.29 is 17.6 Å². The molecular weight excluding hydrogens is 491 g/mol. The van der Waals surface area contributed by atoms with Gasteiger partial charge in [0.25, 0.3) is 0 Å². The molecule has 0 bridgehead atoms. The first kappa shape index (κ1) is 24.9. The van der Waals surface area contributed by atoms with Crippen LogP contribution in [0.4, 0.5) is 10.3 Å². The van der Waals surface area contributed by atoms with Gasteiger partial charge in [0.2, 0.25) is 21.9 Å². The number of nitrogens with one attached hydrogen (secondary N) is 1. The quantitative estimate of drug-likeness (QED) is 0.352. The molecule has 1 fully saturated rings. The number of carbonyl (C=O) groups excluding carboxylic acids is 1. The van der Waals surface area contributed by atoms with E-state index in [1.807, 2.05) is 37.3 Å². The second kappa shape index (κ2) is 9.91. The Bertz CT molecular complexity index is 1550. The van der Waals surface area contributed by atoms with Gasteiger partial charge in [0, 0.05) is 17.8 Å². The van der Waals surface area contributed by atoms with Crippen LogP contribution in [-0.2, 0) is 14.8 Å². The van der Waals surface area contributed by atoms with E-state index in [1.54, 1.807) is 54.1 Å². The first-order valence-electron chi connectivity index (χ1n) is 12.0. The Kier molecular flexibility index (Phi) is 6.66. The summed E-state index contributed by atoms with van der Waals surface area (Å²) in [7, 11) is -3.86. The van der Waals surface area contributed by atoms with Crippen molar-refractivity contribution >= 4 is 21.9 Å². The number of rotatable bonds is 8. The summed E-state index contributed by atoms with van der Waals surface area (Å²) in [5.41, 5.74) is 3.34. The Labute approximate surface area is 215 Å². The number of sulfonamides is 1. The summed E-state index contributed by atoms with van der Waals surface area (Å²) in [6.07, 6.45) is 3.12. The third kappa shape index (κ3) is 5.33. The van der Waals surface area contributed by atoms with Gasteiger partial charge in [0.05, 0.1) is 22.8 Å². The molecule has 1 aliphatic carbocycles. The number of hydrogen-bond donors (Lipinski definition) is 1. The van der Waals surface area contributed by atoms with Crippen molar-refractivity contribution in [2.75, 3.05) is 11.9 Å². The minimum atomic E-state index is -3.86. The first-order valence-corrected chi connectivity index (χ1v) is 13.5. The third-order valence-electron chi connectivity index (χ3n) is 6.34. The van der Waals surface area contributed by atoms with E-state index in [2.05, 4.69) is 10.3 Å². The molecule has 7 nitrogen and oxygen atoms in total. The zero-order chi connectivity index (χ0) is 26.2. The number of aryl methyl sites for hydroxylation is 2. The van der Waals surface area contributed by atoms with Gasteiger partial charge < -0.3 is 0 Å². The molecule has 5 rings (SSSR count). The monoisotopic (exact) mass is 518 g/mol. The van der Waals surface area contributed by atoms with E-state index in [-0.39, 0.29) is 29.2 Å². The van der Waals surface area contributed by atoms with E-state index < -0.39 is 15.9 Å². The highest BCUT2D eigenvalue weighted by Crippen LogP contribution is 2.32. The molecule has 37 heavy (non-hydrogen) atoms. The van der Waals surface area contributed by atoms with Crippen LogP contribution in [0.3, 0.4) is 0 Å². The van der Waals surface area contributed by atoms with Crippen LogP contribution >= 0.6 is 0 Å². The summed E-state index contributed by atoms with van der Waals surface area (Å²) in [5.74, 6) is -0.731. The van der Waals surface area contributed by atoms with Crippen LogP contribution in [0.15, 0.2) is 83.9 Å². The van der Waals surface area contributed by atoms with E-state index in [9.17, 15) is 17.6 Å². The van der Waals surface area contributed by atoms with E-state index in [0.29, 0.717) is 29.8 Å². The van der Waals surface area contributed by atoms with Gasteiger partial charge in [0.1, 0.15) is 5.82 Å². The Morgan fingerprint density at radius 2 is 1.76 bits per heavy atom. The summed E-state index contributed by atoms with van der Waals surface area (Å²) < 4.78 is 43.9. The number of carbonyl (C=O) groups is 1. The van der Waals surface area contributed by atoms with E-state index >= 15 is 0 Å². The number of amides is 1. The fraction of sp³-hybridized carbons (Fsp3) is 0.214. The molecule has 0 spiro atoms. The lowest BCUT2D eigenvalue weighted by molar-refractivity contribution is -0.116. The van der Waals surface area contributed by atoms with Gasteiger partial charge >= 0.3 is 0 Å². The average Bonchev–Trinajstić information content (AvgIpc) is 3.64. The molecule has 0 atom stereocenters. The molecule has 190 valence electrons. The SMILES string of the molecule is Cc1ccc(S(=O)(=O)N(CC(=O)Nc2nc(-c3ccccc3)cn2-c2ccc(C)c(F)c2)C2CC2)cc1. The predicted octanol–water partition coefficient (Wildman–Crippen LogP) is 5.09. The Morgan fingerprint density at radius 3 is 2.41 bits per heavy atom.